The molecule has 0 saturated carbocycles. The monoisotopic (exact) mass is 250 g/mol. The van der Waals surface area contributed by atoms with Crippen LogP contribution in [0.3, 0.4) is 0 Å². The summed E-state index contributed by atoms with van der Waals surface area (Å²) < 4.78 is 1.98. The lowest BCUT2D eigenvalue weighted by Crippen LogP contribution is -2.07. The molecule has 2 aromatic rings. The molecular weight excluding hydrogens is 236 g/mol. The average Bonchev–Trinajstić information content (AvgIpc) is 2.76. The summed E-state index contributed by atoms with van der Waals surface area (Å²) in [5.41, 5.74) is 2.04. The van der Waals surface area contributed by atoms with Crippen molar-refractivity contribution in [2.24, 2.45) is 0 Å². The summed E-state index contributed by atoms with van der Waals surface area (Å²) in [6, 6.07) is 0. The van der Waals surface area contributed by atoms with E-state index in [2.05, 4.69) is 21.9 Å². The minimum absolute atomic E-state index is 0.578. The number of halogens is 1. The van der Waals surface area contributed by atoms with Gasteiger partial charge in [0, 0.05) is 18.0 Å². The number of rotatable bonds is 4. The lowest BCUT2D eigenvalue weighted by atomic mass is 10.1. The molecule has 5 heteroatoms. The highest BCUT2D eigenvalue weighted by Crippen LogP contribution is 2.19. The Morgan fingerprint density at radius 2 is 2.18 bits per heavy atom. The van der Waals surface area contributed by atoms with Crippen molar-refractivity contribution in [2.75, 3.05) is 0 Å². The van der Waals surface area contributed by atoms with Crippen LogP contribution in [0.25, 0.3) is 0 Å². The Morgan fingerprint density at radius 3 is 2.82 bits per heavy atom. The van der Waals surface area contributed by atoms with Gasteiger partial charge in [0.1, 0.15) is 11.0 Å². The van der Waals surface area contributed by atoms with E-state index in [9.17, 15) is 0 Å². The van der Waals surface area contributed by atoms with Crippen molar-refractivity contribution in [1.29, 1.82) is 0 Å². The molecule has 2 rings (SSSR count). The van der Waals surface area contributed by atoms with Gasteiger partial charge in [0.15, 0.2) is 0 Å². The normalized spacial score (nSPS) is 10.8. The Morgan fingerprint density at radius 1 is 1.35 bits per heavy atom. The van der Waals surface area contributed by atoms with Crippen LogP contribution in [0.4, 0.5) is 0 Å². The van der Waals surface area contributed by atoms with Crippen molar-refractivity contribution >= 4 is 11.6 Å². The van der Waals surface area contributed by atoms with E-state index in [1.54, 1.807) is 12.5 Å². The Bertz CT molecular complexity index is 493. The van der Waals surface area contributed by atoms with Gasteiger partial charge in [-0.1, -0.05) is 24.9 Å². The van der Waals surface area contributed by atoms with Crippen LogP contribution in [0.15, 0.2) is 18.7 Å². The fourth-order valence-electron chi connectivity index (χ4n) is 1.80. The minimum Gasteiger partial charge on any atom is -0.331 e. The van der Waals surface area contributed by atoms with E-state index in [0.717, 1.165) is 24.1 Å². The van der Waals surface area contributed by atoms with Gasteiger partial charge >= 0.3 is 0 Å². The molecule has 0 aliphatic rings. The maximum Gasteiger partial charge on any atom is 0.136 e. The quantitative estimate of drug-likeness (QED) is 0.784. The predicted octanol–water partition coefficient (Wildman–Crippen LogP) is 2.64. The molecular formula is C12H15ClN4. The molecule has 0 spiro atoms. The SMILES string of the molecule is CCCc1c(Cl)nc(C)nc1Cn1ccnc1. The molecule has 0 N–H and O–H groups in total. The highest BCUT2D eigenvalue weighted by Gasteiger charge is 2.11. The van der Waals surface area contributed by atoms with Crippen molar-refractivity contribution < 1.29 is 0 Å². The van der Waals surface area contributed by atoms with E-state index < -0.39 is 0 Å². The molecule has 2 heterocycles. The van der Waals surface area contributed by atoms with Gasteiger partial charge in [0.2, 0.25) is 0 Å². The summed E-state index contributed by atoms with van der Waals surface area (Å²) in [5, 5.41) is 0.578. The third-order valence-corrected chi connectivity index (χ3v) is 2.86. The second-order valence-electron chi connectivity index (χ2n) is 3.97. The van der Waals surface area contributed by atoms with E-state index in [-0.39, 0.29) is 0 Å². The Hall–Kier alpha value is -1.42. The second kappa shape index (κ2) is 5.27. The molecule has 0 aromatic carbocycles. The third-order valence-electron chi connectivity index (χ3n) is 2.55. The molecule has 0 aliphatic heterocycles. The fourth-order valence-corrected chi connectivity index (χ4v) is 2.12. The van der Waals surface area contributed by atoms with Gasteiger partial charge in [-0.25, -0.2) is 15.0 Å². The molecule has 0 radical (unpaired) electrons. The van der Waals surface area contributed by atoms with Crippen LogP contribution in [0.5, 0.6) is 0 Å². The Balaban J connectivity index is 2.36. The number of hydrogen-bond donors (Lipinski definition) is 0. The van der Waals surface area contributed by atoms with Crippen molar-refractivity contribution in [3.8, 4) is 0 Å². The molecule has 4 nitrogen and oxygen atoms in total. The van der Waals surface area contributed by atoms with E-state index in [4.69, 9.17) is 11.6 Å². The van der Waals surface area contributed by atoms with Crippen LogP contribution >= 0.6 is 11.6 Å². The summed E-state index contributed by atoms with van der Waals surface area (Å²) in [5.74, 6) is 0.713. The highest BCUT2D eigenvalue weighted by molar-refractivity contribution is 6.30. The number of aryl methyl sites for hydroxylation is 1. The van der Waals surface area contributed by atoms with Crippen molar-refractivity contribution in [3.63, 3.8) is 0 Å². The van der Waals surface area contributed by atoms with E-state index in [0.29, 0.717) is 17.5 Å². The molecule has 0 aliphatic carbocycles. The van der Waals surface area contributed by atoms with Crippen LogP contribution in [0.1, 0.15) is 30.4 Å². The molecule has 0 fully saturated rings. The molecule has 0 bridgehead atoms. The fraction of sp³-hybridized carbons (Fsp3) is 0.417. The van der Waals surface area contributed by atoms with Crippen LogP contribution < -0.4 is 0 Å². The van der Waals surface area contributed by atoms with E-state index in [1.165, 1.54) is 0 Å². The van der Waals surface area contributed by atoms with Gasteiger partial charge in [-0.05, 0) is 13.3 Å². The molecule has 0 unspecified atom stereocenters. The average molecular weight is 251 g/mol. The topological polar surface area (TPSA) is 43.6 Å². The van der Waals surface area contributed by atoms with Crippen molar-refractivity contribution in [1.82, 2.24) is 19.5 Å². The van der Waals surface area contributed by atoms with Gasteiger partial charge in [-0.2, -0.15) is 0 Å². The zero-order chi connectivity index (χ0) is 12.3. The molecule has 2 aromatic heterocycles. The second-order valence-corrected chi connectivity index (χ2v) is 4.33. The number of imidazole rings is 1. The first-order valence-corrected chi connectivity index (χ1v) is 6.06. The smallest absolute Gasteiger partial charge is 0.136 e. The van der Waals surface area contributed by atoms with Crippen LogP contribution in [-0.4, -0.2) is 19.5 Å². The largest absolute Gasteiger partial charge is 0.331 e. The van der Waals surface area contributed by atoms with Gasteiger partial charge in [-0.3, -0.25) is 0 Å². The Labute approximate surface area is 106 Å². The zero-order valence-corrected chi connectivity index (χ0v) is 10.8. The number of hydrogen-bond acceptors (Lipinski definition) is 3. The molecule has 17 heavy (non-hydrogen) atoms. The molecule has 0 amide bonds. The molecule has 0 atom stereocenters. The zero-order valence-electron chi connectivity index (χ0n) is 10.0. The van der Waals surface area contributed by atoms with Crippen LogP contribution in [0.2, 0.25) is 5.15 Å². The van der Waals surface area contributed by atoms with Crippen LogP contribution in [0, 0.1) is 6.92 Å². The summed E-state index contributed by atoms with van der Waals surface area (Å²) in [7, 11) is 0. The number of aromatic nitrogens is 4. The third kappa shape index (κ3) is 2.82. The van der Waals surface area contributed by atoms with E-state index >= 15 is 0 Å². The van der Waals surface area contributed by atoms with Crippen LogP contribution in [-0.2, 0) is 13.0 Å². The first-order valence-electron chi connectivity index (χ1n) is 5.68. The lowest BCUT2D eigenvalue weighted by molar-refractivity contribution is 0.738. The summed E-state index contributed by atoms with van der Waals surface area (Å²) in [6.07, 6.45) is 7.39. The number of nitrogens with zero attached hydrogens (tertiary/aromatic N) is 4. The lowest BCUT2D eigenvalue weighted by Gasteiger charge is -2.10. The molecule has 0 saturated heterocycles. The molecule has 90 valence electrons. The van der Waals surface area contributed by atoms with Gasteiger partial charge in [0.05, 0.1) is 18.6 Å². The van der Waals surface area contributed by atoms with Gasteiger partial charge in [-0.15, -0.1) is 0 Å². The maximum absolute atomic E-state index is 6.18. The maximum atomic E-state index is 6.18. The summed E-state index contributed by atoms with van der Waals surface area (Å²) in [6.45, 7) is 4.68. The first kappa shape index (κ1) is 12.0. The first-order chi connectivity index (χ1) is 8.20. The summed E-state index contributed by atoms with van der Waals surface area (Å²) >= 11 is 6.18. The van der Waals surface area contributed by atoms with Gasteiger partial charge in [0.25, 0.3) is 0 Å². The standard InChI is InChI=1S/C12H15ClN4/c1-3-4-10-11(7-17-6-5-14-8-17)15-9(2)16-12(10)13/h5-6,8H,3-4,7H2,1-2H3. The van der Waals surface area contributed by atoms with E-state index in [1.807, 2.05) is 17.7 Å². The van der Waals surface area contributed by atoms with Gasteiger partial charge < -0.3 is 4.57 Å². The summed E-state index contributed by atoms with van der Waals surface area (Å²) in [4.78, 5) is 12.7. The Kier molecular flexibility index (Phi) is 3.74. The predicted molar refractivity (Wildman–Crippen MR) is 67.1 cm³/mol. The van der Waals surface area contributed by atoms with Crippen molar-refractivity contribution in [3.05, 3.63) is 41.0 Å². The minimum atomic E-state index is 0.578. The highest BCUT2D eigenvalue weighted by atomic mass is 35.5. The van der Waals surface area contributed by atoms with Crippen molar-refractivity contribution in [2.45, 2.75) is 33.2 Å².